The standard InChI is InChI=1S/C16H17FN2O2.ClH/c1-10(2)21-14-9-12(7-8-19-14)15(18)16(20)11-3-5-13(17)6-4-11;/h3-10,15H,18H2,1-2H3;1H. The van der Waals surface area contributed by atoms with Gasteiger partial charge in [-0.3, -0.25) is 4.79 Å². The first-order valence-electron chi connectivity index (χ1n) is 6.65. The van der Waals surface area contributed by atoms with Crippen LogP contribution < -0.4 is 10.5 Å². The van der Waals surface area contributed by atoms with Crippen molar-refractivity contribution in [1.82, 2.24) is 4.98 Å². The predicted octanol–water partition coefficient (Wildman–Crippen LogP) is 3.31. The number of hydrogen-bond donors (Lipinski definition) is 1. The van der Waals surface area contributed by atoms with E-state index in [0.29, 0.717) is 17.0 Å². The van der Waals surface area contributed by atoms with E-state index < -0.39 is 11.9 Å². The number of benzene rings is 1. The van der Waals surface area contributed by atoms with Crippen LogP contribution in [0.3, 0.4) is 0 Å². The summed E-state index contributed by atoms with van der Waals surface area (Å²) >= 11 is 0. The van der Waals surface area contributed by atoms with Crippen LogP contribution in [-0.4, -0.2) is 16.9 Å². The van der Waals surface area contributed by atoms with Crippen molar-refractivity contribution in [3.63, 3.8) is 0 Å². The fourth-order valence-electron chi connectivity index (χ4n) is 1.87. The van der Waals surface area contributed by atoms with Gasteiger partial charge in [0.15, 0.2) is 5.78 Å². The van der Waals surface area contributed by atoms with E-state index in [1.165, 1.54) is 24.3 Å². The lowest BCUT2D eigenvalue weighted by Gasteiger charge is -2.13. The molecule has 118 valence electrons. The quantitative estimate of drug-likeness (QED) is 0.857. The van der Waals surface area contributed by atoms with E-state index in [9.17, 15) is 9.18 Å². The zero-order chi connectivity index (χ0) is 15.4. The second kappa shape index (κ2) is 7.87. The number of nitrogens with two attached hydrogens (primary N) is 1. The molecule has 1 heterocycles. The maximum atomic E-state index is 12.9. The average molecular weight is 325 g/mol. The summed E-state index contributed by atoms with van der Waals surface area (Å²) in [7, 11) is 0. The molecule has 0 radical (unpaired) electrons. The number of nitrogens with zero attached hydrogens (tertiary/aromatic N) is 1. The number of ketones is 1. The third kappa shape index (κ3) is 4.51. The summed E-state index contributed by atoms with van der Waals surface area (Å²) in [5.74, 6) is -0.252. The van der Waals surface area contributed by atoms with Crippen LogP contribution in [0.1, 0.15) is 35.8 Å². The Morgan fingerprint density at radius 3 is 2.45 bits per heavy atom. The molecule has 2 rings (SSSR count). The maximum absolute atomic E-state index is 12.9. The number of carbonyl (C=O) groups excluding carboxylic acids is 1. The van der Waals surface area contributed by atoms with Crippen LogP contribution in [0.25, 0.3) is 0 Å². The van der Waals surface area contributed by atoms with E-state index in [1.54, 1.807) is 18.3 Å². The molecule has 0 bridgehead atoms. The number of carbonyl (C=O) groups is 1. The number of ether oxygens (including phenoxy) is 1. The van der Waals surface area contributed by atoms with Gasteiger partial charge in [0, 0.05) is 17.8 Å². The number of hydrogen-bond acceptors (Lipinski definition) is 4. The van der Waals surface area contributed by atoms with Crippen LogP contribution in [-0.2, 0) is 0 Å². The first-order valence-corrected chi connectivity index (χ1v) is 6.65. The highest BCUT2D eigenvalue weighted by Gasteiger charge is 2.18. The summed E-state index contributed by atoms with van der Waals surface area (Å²) in [5.41, 5.74) is 6.96. The number of Topliss-reactive ketones (excluding diaryl/α,β-unsaturated/α-hetero) is 1. The lowest BCUT2D eigenvalue weighted by molar-refractivity contribution is 0.0961. The van der Waals surface area contributed by atoms with Crippen molar-refractivity contribution in [1.29, 1.82) is 0 Å². The smallest absolute Gasteiger partial charge is 0.213 e. The van der Waals surface area contributed by atoms with E-state index >= 15 is 0 Å². The molecule has 0 fully saturated rings. The predicted molar refractivity (Wildman–Crippen MR) is 84.9 cm³/mol. The molecule has 1 atom stereocenters. The van der Waals surface area contributed by atoms with Gasteiger partial charge in [-0.05, 0) is 49.7 Å². The number of rotatable bonds is 5. The van der Waals surface area contributed by atoms with Gasteiger partial charge in [0.1, 0.15) is 5.82 Å². The molecule has 2 aromatic rings. The van der Waals surface area contributed by atoms with Gasteiger partial charge in [-0.25, -0.2) is 9.37 Å². The van der Waals surface area contributed by atoms with E-state index in [-0.39, 0.29) is 24.3 Å². The molecule has 2 N–H and O–H groups in total. The van der Waals surface area contributed by atoms with Gasteiger partial charge in [-0.1, -0.05) is 0 Å². The Balaban J connectivity index is 0.00000242. The topological polar surface area (TPSA) is 65.2 Å². The number of halogens is 2. The normalized spacial score (nSPS) is 11.7. The summed E-state index contributed by atoms with van der Waals surface area (Å²) in [6.45, 7) is 3.77. The summed E-state index contributed by atoms with van der Waals surface area (Å²) in [6, 6.07) is 7.78. The van der Waals surface area contributed by atoms with Crippen LogP contribution in [0.4, 0.5) is 4.39 Å². The monoisotopic (exact) mass is 324 g/mol. The molecule has 0 amide bonds. The van der Waals surface area contributed by atoms with E-state index in [0.717, 1.165) is 0 Å². The first kappa shape index (κ1) is 18.1. The molecule has 6 heteroatoms. The third-order valence-electron chi connectivity index (χ3n) is 2.89. The van der Waals surface area contributed by atoms with Crippen molar-refractivity contribution in [2.45, 2.75) is 26.0 Å². The Morgan fingerprint density at radius 2 is 1.86 bits per heavy atom. The molecule has 0 aliphatic heterocycles. The molecule has 0 saturated heterocycles. The van der Waals surface area contributed by atoms with Crippen molar-refractivity contribution in [2.24, 2.45) is 5.73 Å². The molecule has 0 aliphatic rings. The average Bonchev–Trinajstić information content (AvgIpc) is 2.46. The van der Waals surface area contributed by atoms with Gasteiger partial charge < -0.3 is 10.5 Å². The lowest BCUT2D eigenvalue weighted by atomic mass is 9.99. The highest BCUT2D eigenvalue weighted by molar-refractivity contribution is 6.00. The number of pyridine rings is 1. The highest BCUT2D eigenvalue weighted by Crippen LogP contribution is 2.20. The summed E-state index contributed by atoms with van der Waals surface area (Å²) in [4.78, 5) is 16.3. The Hall–Kier alpha value is -1.98. The minimum Gasteiger partial charge on any atom is -0.475 e. The molecule has 1 aromatic heterocycles. The minimum absolute atomic E-state index is 0. The summed E-state index contributed by atoms with van der Waals surface area (Å²) in [5, 5.41) is 0. The van der Waals surface area contributed by atoms with Crippen LogP contribution in [0.5, 0.6) is 5.88 Å². The fourth-order valence-corrected chi connectivity index (χ4v) is 1.87. The lowest BCUT2D eigenvalue weighted by Crippen LogP contribution is -2.22. The van der Waals surface area contributed by atoms with E-state index in [1.807, 2.05) is 13.8 Å². The largest absolute Gasteiger partial charge is 0.475 e. The minimum atomic E-state index is -0.840. The fraction of sp³-hybridized carbons (Fsp3) is 0.250. The molecule has 0 spiro atoms. The molecule has 0 saturated carbocycles. The van der Waals surface area contributed by atoms with Crippen molar-refractivity contribution < 1.29 is 13.9 Å². The third-order valence-corrected chi connectivity index (χ3v) is 2.89. The van der Waals surface area contributed by atoms with E-state index in [4.69, 9.17) is 10.5 Å². The number of aromatic nitrogens is 1. The van der Waals surface area contributed by atoms with Gasteiger partial charge >= 0.3 is 0 Å². The Kier molecular flexibility index (Phi) is 6.46. The van der Waals surface area contributed by atoms with Gasteiger partial charge in [0.25, 0.3) is 0 Å². The summed E-state index contributed by atoms with van der Waals surface area (Å²) < 4.78 is 18.4. The van der Waals surface area contributed by atoms with Crippen molar-refractivity contribution in [3.8, 4) is 5.88 Å². The molecule has 22 heavy (non-hydrogen) atoms. The van der Waals surface area contributed by atoms with Crippen molar-refractivity contribution >= 4 is 18.2 Å². The van der Waals surface area contributed by atoms with Crippen LogP contribution >= 0.6 is 12.4 Å². The van der Waals surface area contributed by atoms with Gasteiger partial charge in [0.05, 0.1) is 12.1 Å². The summed E-state index contributed by atoms with van der Waals surface area (Å²) in [6.07, 6.45) is 1.53. The molecule has 0 aliphatic carbocycles. The molecule has 1 unspecified atom stereocenters. The first-order chi connectivity index (χ1) is 9.97. The SMILES string of the molecule is CC(C)Oc1cc(C(N)C(=O)c2ccc(F)cc2)ccn1.Cl. The highest BCUT2D eigenvalue weighted by atomic mass is 35.5. The second-order valence-corrected chi connectivity index (χ2v) is 4.94. The van der Waals surface area contributed by atoms with Gasteiger partial charge in [-0.2, -0.15) is 0 Å². The molecular weight excluding hydrogens is 307 g/mol. The zero-order valence-electron chi connectivity index (χ0n) is 12.3. The Bertz CT molecular complexity index is 632. The maximum Gasteiger partial charge on any atom is 0.213 e. The second-order valence-electron chi connectivity index (χ2n) is 4.94. The zero-order valence-corrected chi connectivity index (χ0v) is 13.1. The van der Waals surface area contributed by atoms with Gasteiger partial charge in [0.2, 0.25) is 5.88 Å². The van der Waals surface area contributed by atoms with Crippen LogP contribution in [0.2, 0.25) is 0 Å². The van der Waals surface area contributed by atoms with E-state index in [2.05, 4.69) is 4.98 Å². The van der Waals surface area contributed by atoms with Crippen LogP contribution in [0, 0.1) is 5.82 Å². The Morgan fingerprint density at radius 1 is 1.23 bits per heavy atom. The molecule has 4 nitrogen and oxygen atoms in total. The van der Waals surface area contributed by atoms with Crippen molar-refractivity contribution in [2.75, 3.05) is 0 Å². The Labute approximate surface area is 134 Å². The van der Waals surface area contributed by atoms with Crippen molar-refractivity contribution in [3.05, 3.63) is 59.5 Å². The van der Waals surface area contributed by atoms with Crippen LogP contribution in [0.15, 0.2) is 42.6 Å². The molecular formula is C16H18ClFN2O2. The van der Waals surface area contributed by atoms with Gasteiger partial charge in [-0.15, -0.1) is 12.4 Å². The molecule has 1 aromatic carbocycles.